The van der Waals surface area contributed by atoms with Gasteiger partial charge < -0.3 is 4.74 Å². The fraction of sp³-hybridized carbons (Fsp3) is 0.700. The van der Waals surface area contributed by atoms with Gasteiger partial charge in [0.2, 0.25) is 0 Å². The maximum atomic E-state index is 12.3. The Balaban J connectivity index is 1.48. The van der Waals surface area contributed by atoms with Gasteiger partial charge in [0.15, 0.2) is 0 Å². The molecule has 2 aliphatic heterocycles. The number of ether oxygens (including phenoxy) is 1. The Morgan fingerprint density at radius 1 is 1.12 bits per heavy atom. The van der Waals surface area contributed by atoms with Crippen LogP contribution in [0.15, 0.2) is 29.2 Å². The molecule has 140 valence electrons. The summed E-state index contributed by atoms with van der Waals surface area (Å²) in [5, 5.41) is 0.131. The lowest BCUT2D eigenvalue weighted by Crippen LogP contribution is -2.62. The Hall–Kier alpha value is -0.910. The van der Waals surface area contributed by atoms with Crippen molar-refractivity contribution in [3.8, 4) is 5.75 Å². The van der Waals surface area contributed by atoms with Crippen molar-refractivity contribution in [2.75, 3.05) is 26.2 Å². The van der Waals surface area contributed by atoms with Gasteiger partial charge in [-0.15, -0.1) is 0 Å². The molecule has 0 saturated carbocycles. The molecular formula is C20H32N2O2S. The molecule has 2 heterocycles. The van der Waals surface area contributed by atoms with E-state index in [4.69, 9.17) is 4.74 Å². The van der Waals surface area contributed by atoms with Crippen LogP contribution >= 0.6 is 0 Å². The Labute approximate surface area is 155 Å². The van der Waals surface area contributed by atoms with Crippen LogP contribution in [0.25, 0.3) is 0 Å². The molecule has 2 aliphatic rings. The van der Waals surface area contributed by atoms with E-state index in [1.165, 1.54) is 13.1 Å². The van der Waals surface area contributed by atoms with Crippen molar-refractivity contribution in [1.29, 1.82) is 0 Å². The molecule has 5 heteroatoms. The average Bonchev–Trinajstić information content (AvgIpc) is 2.54. The number of nitrogens with zero attached hydrogens (tertiary/aromatic N) is 2. The number of likely N-dealkylation sites (tertiary alicyclic amines) is 2. The van der Waals surface area contributed by atoms with Crippen molar-refractivity contribution < 1.29 is 8.95 Å². The molecule has 0 bridgehead atoms. The summed E-state index contributed by atoms with van der Waals surface area (Å²) in [5.41, 5.74) is 0. The first-order chi connectivity index (χ1) is 11.9. The predicted molar refractivity (Wildman–Crippen MR) is 104 cm³/mol. The molecule has 25 heavy (non-hydrogen) atoms. The van der Waals surface area contributed by atoms with Gasteiger partial charge in [0.05, 0.1) is 10.8 Å². The van der Waals surface area contributed by atoms with Crippen molar-refractivity contribution in [2.24, 2.45) is 0 Å². The van der Waals surface area contributed by atoms with Crippen molar-refractivity contribution in [1.82, 2.24) is 9.80 Å². The molecule has 1 atom stereocenters. The minimum atomic E-state index is -0.958. The molecule has 1 aromatic carbocycles. The molecule has 3 rings (SSSR count). The Kier molecular flexibility index (Phi) is 6.18. The van der Waals surface area contributed by atoms with Gasteiger partial charge in [-0.3, -0.25) is 14.0 Å². The van der Waals surface area contributed by atoms with E-state index in [0.717, 1.165) is 42.6 Å². The number of rotatable bonds is 6. The third-order valence-electron chi connectivity index (χ3n) is 5.38. The van der Waals surface area contributed by atoms with E-state index >= 15 is 0 Å². The summed E-state index contributed by atoms with van der Waals surface area (Å²) < 4.78 is 18.5. The summed E-state index contributed by atoms with van der Waals surface area (Å²) in [7, 11) is -0.958. The van der Waals surface area contributed by atoms with E-state index < -0.39 is 10.8 Å². The Morgan fingerprint density at radius 2 is 1.80 bits per heavy atom. The van der Waals surface area contributed by atoms with E-state index in [1.54, 1.807) is 0 Å². The lowest BCUT2D eigenvalue weighted by atomic mass is 10.00. The number of piperidine rings is 1. The standard InChI is InChI=1S/C20H32N2O2S/c1-15(2)22-13-17(14-22)21-10-8-18(9-11-21)24-19-6-5-7-20(12-19)25(23)16(3)4/h5-7,12,15-18H,8-11,13-14H2,1-4H3. The molecule has 1 aromatic rings. The molecule has 0 N–H and O–H groups in total. The minimum absolute atomic E-state index is 0.131. The van der Waals surface area contributed by atoms with Crippen LogP contribution in [-0.4, -0.2) is 63.6 Å². The summed E-state index contributed by atoms with van der Waals surface area (Å²) in [5.74, 6) is 0.861. The van der Waals surface area contributed by atoms with Gasteiger partial charge in [-0.1, -0.05) is 19.9 Å². The van der Waals surface area contributed by atoms with E-state index in [9.17, 15) is 4.21 Å². The van der Waals surface area contributed by atoms with Gasteiger partial charge in [-0.25, -0.2) is 0 Å². The summed E-state index contributed by atoms with van der Waals surface area (Å²) in [6, 6.07) is 9.23. The van der Waals surface area contributed by atoms with Crippen LogP contribution in [0.5, 0.6) is 5.75 Å². The third-order valence-corrected chi connectivity index (χ3v) is 6.96. The van der Waals surface area contributed by atoms with Crippen LogP contribution in [0.3, 0.4) is 0 Å². The predicted octanol–water partition coefficient (Wildman–Crippen LogP) is 3.14. The largest absolute Gasteiger partial charge is 0.490 e. The van der Waals surface area contributed by atoms with Crippen molar-refractivity contribution in [3.05, 3.63) is 24.3 Å². The van der Waals surface area contributed by atoms with Gasteiger partial charge in [-0.05, 0) is 44.9 Å². The molecule has 0 aromatic heterocycles. The van der Waals surface area contributed by atoms with Gasteiger partial charge in [0.1, 0.15) is 11.9 Å². The summed E-state index contributed by atoms with van der Waals surface area (Å²) >= 11 is 0. The van der Waals surface area contributed by atoms with Crippen molar-refractivity contribution in [2.45, 2.75) is 68.9 Å². The van der Waals surface area contributed by atoms with Crippen molar-refractivity contribution >= 4 is 10.8 Å². The lowest BCUT2D eigenvalue weighted by Gasteiger charge is -2.49. The maximum Gasteiger partial charge on any atom is 0.120 e. The van der Waals surface area contributed by atoms with Crippen LogP contribution in [0.1, 0.15) is 40.5 Å². The zero-order valence-corrected chi connectivity index (χ0v) is 16.8. The second-order valence-corrected chi connectivity index (χ2v) is 9.88. The quantitative estimate of drug-likeness (QED) is 0.776. The highest BCUT2D eigenvalue weighted by atomic mass is 32.2. The zero-order chi connectivity index (χ0) is 18.0. The topological polar surface area (TPSA) is 32.8 Å². The summed E-state index contributed by atoms with van der Waals surface area (Å²) in [6.07, 6.45) is 2.44. The van der Waals surface area contributed by atoms with E-state index in [2.05, 4.69) is 23.6 Å². The zero-order valence-electron chi connectivity index (χ0n) is 16.0. The lowest BCUT2D eigenvalue weighted by molar-refractivity contribution is -0.0125. The van der Waals surface area contributed by atoms with Crippen LogP contribution in [0.2, 0.25) is 0 Å². The third kappa shape index (κ3) is 4.63. The Bertz CT molecular complexity index is 591. The number of hydrogen-bond donors (Lipinski definition) is 0. The second-order valence-electron chi connectivity index (χ2n) is 7.88. The molecule has 4 nitrogen and oxygen atoms in total. The highest BCUT2D eigenvalue weighted by Crippen LogP contribution is 2.25. The average molecular weight is 365 g/mol. The Morgan fingerprint density at radius 3 is 2.40 bits per heavy atom. The highest BCUT2D eigenvalue weighted by molar-refractivity contribution is 7.85. The summed E-state index contributed by atoms with van der Waals surface area (Å²) in [6.45, 7) is 13.2. The minimum Gasteiger partial charge on any atom is -0.490 e. The fourth-order valence-corrected chi connectivity index (χ4v) is 4.63. The normalized spacial score (nSPS) is 22.3. The number of benzene rings is 1. The van der Waals surface area contributed by atoms with E-state index in [0.29, 0.717) is 6.04 Å². The van der Waals surface area contributed by atoms with Gasteiger partial charge in [-0.2, -0.15) is 0 Å². The SMILES string of the molecule is CC(C)N1CC(N2CCC(Oc3cccc(S(=O)C(C)C)c3)CC2)C1. The molecule has 0 radical (unpaired) electrons. The molecule has 0 aliphatic carbocycles. The van der Waals surface area contributed by atoms with Crippen LogP contribution in [0, 0.1) is 0 Å². The molecule has 0 amide bonds. The van der Waals surface area contributed by atoms with Gasteiger partial charge in [0.25, 0.3) is 0 Å². The summed E-state index contributed by atoms with van der Waals surface area (Å²) in [4.78, 5) is 6.03. The van der Waals surface area contributed by atoms with Crippen molar-refractivity contribution in [3.63, 3.8) is 0 Å². The monoisotopic (exact) mass is 364 g/mol. The fourth-order valence-electron chi connectivity index (χ4n) is 3.64. The molecule has 2 fully saturated rings. The highest BCUT2D eigenvalue weighted by Gasteiger charge is 2.35. The first kappa shape index (κ1) is 18.9. The van der Waals surface area contributed by atoms with E-state index in [-0.39, 0.29) is 11.4 Å². The molecule has 0 spiro atoms. The molecule has 1 unspecified atom stereocenters. The van der Waals surface area contributed by atoms with Gasteiger partial charge in [0, 0.05) is 48.4 Å². The molecular weight excluding hydrogens is 332 g/mol. The van der Waals surface area contributed by atoms with Gasteiger partial charge >= 0.3 is 0 Å². The second kappa shape index (κ2) is 8.19. The molecule has 2 saturated heterocycles. The maximum absolute atomic E-state index is 12.3. The van der Waals surface area contributed by atoms with Crippen LogP contribution < -0.4 is 4.74 Å². The number of hydrogen-bond acceptors (Lipinski definition) is 4. The first-order valence-electron chi connectivity index (χ1n) is 9.59. The smallest absolute Gasteiger partial charge is 0.120 e. The first-order valence-corrected chi connectivity index (χ1v) is 10.8. The van der Waals surface area contributed by atoms with E-state index in [1.807, 2.05) is 38.1 Å². The van der Waals surface area contributed by atoms with Crippen LogP contribution in [0.4, 0.5) is 0 Å². The van der Waals surface area contributed by atoms with Crippen LogP contribution in [-0.2, 0) is 10.8 Å².